The second-order valence-corrected chi connectivity index (χ2v) is 3.31. The molecule has 0 fully saturated rings. The highest BCUT2D eigenvalue weighted by atomic mass is 79.9. The maximum atomic E-state index is 12.2. The van der Waals surface area contributed by atoms with E-state index in [0.717, 1.165) is 6.20 Å². The van der Waals surface area contributed by atoms with Crippen LogP contribution in [0.3, 0.4) is 0 Å². The number of halogens is 3. The molecule has 13 heavy (non-hydrogen) atoms. The van der Waals surface area contributed by atoms with Gasteiger partial charge in [0.1, 0.15) is 0 Å². The first-order chi connectivity index (χ1) is 5.95. The molecule has 0 aliphatic carbocycles. The normalized spacial score (nSPS) is 10.8. The minimum Gasteiger partial charge on any atom is -0.397 e. The molecule has 72 valence electrons. The summed E-state index contributed by atoms with van der Waals surface area (Å²) in [6.45, 7) is -1.29. The predicted octanol–water partition coefficient (Wildman–Crippen LogP) is 1.90. The summed E-state index contributed by atoms with van der Waals surface area (Å²) in [5, 5.41) is 0. The third-order valence-corrected chi connectivity index (χ3v) is 2.61. The van der Waals surface area contributed by atoms with Crippen LogP contribution < -0.4 is 11.3 Å². The summed E-state index contributed by atoms with van der Waals surface area (Å²) in [5.41, 5.74) is 5.26. The van der Waals surface area contributed by atoms with E-state index >= 15 is 0 Å². The van der Waals surface area contributed by atoms with Crippen molar-refractivity contribution in [3.8, 4) is 0 Å². The number of hydrogen-bond acceptors (Lipinski definition) is 2. The number of anilines is 1. The SMILES string of the molecule is Cc1c(N)cn(C(F)F)c(=O)c1Br. The summed E-state index contributed by atoms with van der Waals surface area (Å²) in [4.78, 5) is 11.2. The van der Waals surface area contributed by atoms with Gasteiger partial charge in [0.25, 0.3) is 5.56 Å². The molecule has 0 unspecified atom stereocenters. The van der Waals surface area contributed by atoms with Crippen LogP contribution in [-0.2, 0) is 0 Å². The quantitative estimate of drug-likeness (QED) is 0.830. The van der Waals surface area contributed by atoms with Crippen LogP contribution in [0.15, 0.2) is 15.5 Å². The summed E-state index contributed by atoms with van der Waals surface area (Å²) in [5.74, 6) is 0. The summed E-state index contributed by atoms with van der Waals surface area (Å²) in [7, 11) is 0. The van der Waals surface area contributed by atoms with Crippen molar-refractivity contribution in [2.24, 2.45) is 0 Å². The first-order valence-corrected chi connectivity index (χ1v) is 4.19. The minimum atomic E-state index is -2.87. The Kier molecular flexibility index (Phi) is 2.70. The first kappa shape index (κ1) is 10.2. The lowest BCUT2D eigenvalue weighted by molar-refractivity contribution is 0.0662. The van der Waals surface area contributed by atoms with Crippen LogP contribution in [0, 0.1) is 6.92 Å². The molecule has 6 heteroatoms. The number of aromatic nitrogens is 1. The van der Waals surface area contributed by atoms with E-state index in [1.165, 1.54) is 0 Å². The fourth-order valence-corrected chi connectivity index (χ4v) is 1.28. The maximum absolute atomic E-state index is 12.2. The van der Waals surface area contributed by atoms with Gasteiger partial charge in [0.15, 0.2) is 0 Å². The number of nitrogen functional groups attached to an aromatic ring is 1. The average Bonchev–Trinajstić information content (AvgIpc) is 2.07. The van der Waals surface area contributed by atoms with Gasteiger partial charge in [-0.25, -0.2) is 0 Å². The minimum absolute atomic E-state index is 0.0767. The molecule has 3 nitrogen and oxygen atoms in total. The standard InChI is InChI=1S/C7H7BrF2N2O/c1-3-4(11)2-12(7(9)10)6(13)5(3)8/h2,7H,11H2,1H3. The van der Waals surface area contributed by atoms with E-state index in [2.05, 4.69) is 15.9 Å². The lowest BCUT2D eigenvalue weighted by Gasteiger charge is -2.08. The van der Waals surface area contributed by atoms with Gasteiger partial charge in [-0.3, -0.25) is 9.36 Å². The highest BCUT2D eigenvalue weighted by molar-refractivity contribution is 9.10. The zero-order valence-electron chi connectivity index (χ0n) is 6.72. The van der Waals surface area contributed by atoms with E-state index in [1.54, 1.807) is 6.92 Å². The number of nitrogens with zero attached hydrogens (tertiary/aromatic N) is 1. The molecule has 0 aliphatic heterocycles. The van der Waals surface area contributed by atoms with Crippen molar-refractivity contribution in [2.75, 3.05) is 5.73 Å². The molecule has 0 saturated heterocycles. The highest BCUT2D eigenvalue weighted by Gasteiger charge is 2.13. The van der Waals surface area contributed by atoms with Crippen LogP contribution in [-0.4, -0.2) is 4.57 Å². The number of pyridine rings is 1. The van der Waals surface area contributed by atoms with Crippen molar-refractivity contribution in [3.63, 3.8) is 0 Å². The largest absolute Gasteiger partial charge is 0.397 e. The Balaban J connectivity index is 3.51. The molecule has 1 rings (SSSR count). The average molecular weight is 253 g/mol. The highest BCUT2D eigenvalue weighted by Crippen LogP contribution is 2.19. The molecule has 0 aromatic carbocycles. The zero-order valence-corrected chi connectivity index (χ0v) is 8.31. The molecule has 0 saturated carbocycles. The lowest BCUT2D eigenvalue weighted by Crippen LogP contribution is -2.22. The van der Waals surface area contributed by atoms with E-state index in [0.29, 0.717) is 5.56 Å². The molecule has 2 N–H and O–H groups in total. The molecule has 0 radical (unpaired) electrons. The van der Waals surface area contributed by atoms with Gasteiger partial charge in [0, 0.05) is 6.20 Å². The Bertz CT molecular complexity index is 389. The second-order valence-electron chi connectivity index (χ2n) is 2.51. The first-order valence-electron chi connectivity index (χ1n) is 3.40. The lowest BCUT2D eigenvalue weighted by atomic mass is 10.2. The van der Waals surface area contributed by atoms with Gasteiger partial charge in [0.2, 0.25) is 0 Å². The predicted molar refractivity (Wildman–Crippen MR) is 48.8 cm³/mol. The van der Waals surface area contributed by atoms with Gasteiger partial charge in [0.05, 0.1) is 10.2 Å². The van der Waals surface area contributed by atoms with E-state index in [-0.39, 0.29) is 14.7 Å². The summed E-state index contributed by atoms with van der Waals surface area (Å²) in [6, 6.07) is 0. The number of alkyl halides is 2. The van der Waals surface area contributed by atoms with Gasteiger partial charge in [-0.15, -0.1) is 0 Å². The third-order valence-electron chi connectivity index (χ3n) is 1.67. The van der Waals surface area contributed by atoms with Crippen LogP contribution >= 0.6 is 15.9 Å². The van der Waals surface area contributed by atoms with E-state index in [9.17, 15) is 13.6 Å². The van der Waals surface area contributed by atoms with Crippen LogP contribution in [0.2, 0.25) is 0 Å². The number of rotatable bonds is 1. The fraction of sp³-hybridized carbons (Fsp3) is 0.286. The van der Waals surface area contributed by atoms with Crippen LogP contribution in [0.25, 0.3) is 0 Å². The van der Waals surface area contributed by atoms with Crippen molar-refractivity contribution in [1.82, 2.24) is 4.57 Å². The van der Waals surface area contributed by atoms with Gasteiger partial charge in [-0.05, 0) is 28.4 Å². The van der Waals surface area contributed by atoms with E-state index < -0.39 is 12.1 Å². The van der Waals surface area contributed by atoms with Gasteiger partial charge in [-0.1, -0.05) is 0 Å². The Morgan fingerprint density at radius 2 is 2.15 bits per heavy atom. The summed E-state index contributed by atoms with van der Waals surface area (Å²) >= 11 is 2.90. The Morgan fingerprint density at radius 3 is 2.62 bits per heavy atom. The van der Waals surface area contributed by atoms with Crippen molar-refractivity contribution < 1.29 is 8.78 Å². The number of hydrogen-bond donors (Lipinski definition) is 1. The molecule has 0 spiro atoms. The van der Waals surface area contributed by atoms with Gasteiger partial charge in [-0.2, -0.15) is 8.78 Å². The fourth-order valence-electron chi connectivity index (χ4n) is 0.851. The molecule has 0 aliphatic rings. The maximum Gasteiger partial charge on any atom is 0.321 e. The smallest absolute Gasteiger partial charge is 0.321 e. The van der Waals surface area contributed by atoms with E-state index in [1.807, 2.05) is 0 Å². The van der Waals surface area contributed by atoms with Crippen LogP contribution in [0.1, 0.15) is 12.1 Å². The molecule has 1 aromatic heterocycles. The number of nitrogens with two attached hydrogens (primary N) is 1. The molecule has 1 aromatic rings. The van der Waals surface area contributed by atoms with Gasteiger partial charge < -0.3 is 5.73 Å². The Hall–Kier alpha value is -0.910. The Labute approximate surface area is 81.3 Å². The monoisotopic (exact) mass is 252 g/mol. The van der Waals surface area contributed by atoms with Crippen molar-refractivity contribution in [1.29, 1.82) is 0 Å². The molecular formula is C7H7BrF2N2O. The Morgan fingerprint density at radius 1 is 1.62 bits per heavy atom. The van der Waals surface area contributed by atoms with Crippen molar-refractivity contribution in [2.45, 2.75) is 13.5 Å². The van der Waals surface area contributed by atoms with E-state index in [4.69, 9.17) is 5.73 Å². The molecule has 0 bridgehead atoms. The van der Waals surface area contributed by atoms with Crippen LogP contribution in [0.5, 0.6) is 0 Å². The summed E-state index contributed by atoms with van der Waals surface area (Å²) < 4.78 is 24.8. The van der Waals surface area contributed by atoms with Crippen molar-refractivity contribution >= 4 is 21.6 Å². The van der Waals surface area contributed by atoms with Crippen LogP contribution in [0.4, 0.5) is 14.5 Å². The summed E-state index contributed by atoms with van der Waals surface area (Å²) in [6.07, 6.45) is 0.938. The van der Waals surface area contributed by atoms with Gasteiger partial charge >= 0.3 is 6.55 Å². The van der Waals surface area contributed by atoms with Crippen molar-refractivity contribution in [3.05, 3.63) is 26.6 Å². The third kappa shape index (κ3) is 1.72. The molecule has 1 heterocycles. The molecule has 0 atom stereocenters. The molecular weight excluding hydrogens is 246 g/mol. The zero-order chi connectivity index (χ0) is 10.2. The second kappa shape index (κ2) is 3.45. The topological polar surface area (TPSA) is 48.0 Å². The molecule has 0 amide bonds.